The van der Waals surface area contributed by atoms with Gasteiger partial charge in [0.2, 0.25) is 0 Å². The smallest absolute Gasteiger partial charge is 0.471 e. The lowest BCUT2D eigenvalue weighted by Gasteiger charge is -2.35. The highest BCUT2D eigenvalue weighted by molar-refractivity contribution is 7.14. The van der Waals surface area contributed by atoms with E-state index in [0.29, 0.717) is 48.1 Å². The number of thiazole rings is 1. The lowest BCUT2D eigenvalue weighted by Crippen LogP contribution is -2.48. The molecule has 2 aromatic heterocycles. The SMILES string of the molecule is O=C(Nc1ccccc1N1CCC(NC(=O)C(F)(F)F)CC1)c1csc(Nc2ccsc2C(=O)O)n1. The van der Waals surface area contributed by atoms with Gasteiger partial charge in [-0.25, -0.2) is 9.78 Å². The summed E-state index contributed by atoms with van der Waals surface area (Å²) < 4.78 is 37.5. The van der Waals surface area contributed by atoms with E-state index in [2.05, 4.69) is 15.6 Å². The Morgan fingerprint density at radius 2 is 1.78 bits per heavy atom. The van der Waals surface area contributed by atoms with E-state index < -0.39 is 30.0 Å². The number of alkyl halides is 3. The fraction of sp³-hybridized carbons (Fsp3) is 0.273. The molecule has 1 aliphatic rings. The lowest BCUT2D eigenvalue weighted by atomic mass is 10.0. The number of benzene rings is 1. The Hall–Kier alpha value is -3.65. The lowest BCUT2D eigenvalue weighted by molar-refractivity contribution is -0.174. The van der Waals surface area contributed by atoms with Crippen LogP contribution >= 0.6 is 22.7 Å². The topological polar surface area (TPSA) is 124 Å². The molecule has 0 bridgehead atoms. The van der Waals surface area contributed by atoms with Gasteiger partial charge >= 0.3 is 18.1 Å². The predicted octanol–water partition coefficient (Wildman–Crippen LogP) is 4.55. The van der Waals surface area contributed by atoms with Crippen molar-refractivity contribution < 1.29 is 32.7 Å². The molecular weight excluding hydrogens is 519 g/mol. The van der Waals surface area contributed by atoms with Crippen molar-refractivity contribution in [2.24, 2.45) is 0 Å². The van der Waals surface area contributed by atoms with Crippen LogP contribution in [0.3, 0.4) is 0 Å². The molecule has 1 fully saturated rings. The maximum Gasteiger partial charge on any atom is 0.471 e. The number of halogens is 3. The van der Waals surface area contributed by atoms with Crippen LogP contribution in [-0.2, 0) is 4.79 Å². The van der Waals surface area contributed by atoms with E-state index in [1.807, 2.05) is 10.2 Å². The second kappa shape index (κ2) is 10.5. The Morgan fingerprint density at radius 3 is 2.47 bits per heavy atom. The number of nitrogens with zero attached hydrogens (tertiary/aromatic N) is 2. The van der Waals surface area contributed by atoms with Gasteiger partial charge in [-0.15, -0.1) is 22.7 Å². The van der Waals surface area contributed by atoms with Crippen LogP contribution < -0.4 is 20.9 Å². The zero-order valence-corrected chi connectivity index (χ0v) is 20.1. The van der Waals surface area contributed by atoms with Crippen molar-refractivity contribution in [3.63, 3.8) is 0 Å². The van der Waals surface area contributed by atoms with Crippen molar-refractivity contribution in [3.05, 3.63) is 51.7 Å². The Labute approximate surface area is 211 Å². The number of carboxylic acid groups (broad SMARTS) is 1. The number of anilines is 4. The van der Waals surface area contributed by atoms with Gasteiger partial charge in [0, 0.05) is 24.5 Å². The number of hydrogen-bond donors (Lipinski definition) is 4. The molecule has 0 atom stereocenters. The van der Waals surface area contributed by atoms with E-state index >= 15 is 0 Å². The number of rotatable bonds is 7. The molecule has 3 heterocycles. The zero-order valence-electron chi connectivity index (χ0n) is 18.5. The van der Waals surface area contributed by atoms with Gasteiger partial charge in [-0.1, -0.05) is 12.1 Å². The Kier molecular flexibility index (Phi) is 7.45. The number of nitrogens with one attached hydrogen (secondary N) is 3. The summed E-state index contributed by atoms with van der Waals surface area (Å²) in [7, 11) is 0. The number of hydrogen-bond acceptors (Lipinski definition) is 8. The fourth-order valence-corrected chi connectivity index (χ4v) is 5.09. The molecule has 0 unspecified atom stereocenters. The number of thiophene rings is 1. The number of carbonyl (C=O) groups excluding carboxylic acids is 2. The molecule has 14 heteroatoms. The summed E-state index contributed by atoms with van der Waals surface area (Å²) in [5.41, 5.74) is 1.73. The van der Waals surface area contributed by atoms with Crippen LogP contribution in [-0.4, -0.2) is 53.2 Å². The number of carboxylic acids is 1. The third-order valence-corrected chi connectivity index (χ3v) is 7.08. The van der Waals surface area contributed by atoms with Crippen molar-refractivity contribution >= 4 is 62.7 Å². The molecule has 0 spiro atoms. The van der Waals surface area contributed by atoms with E-state index in [9.17, 15) is 32.7 Å². The van der Waals surface area contributed by atoms with Gasteiger partial charge in [0.1, 0.15) is 10.6 Å². The molecule has 0 aliphatic carbocycles. The molecule has 190 valence electrons. The minimum atomic E-state index is -4.92. The Bertz CT molecular complexity index is 1270. The van der Waals surface area contributed by atoms with Gasteiger partial charge < -0.3 is 26.0 Å². The zero-order chi connectivity index (χ0) is 25.9. The number of para-hydroxylation sites is 2. The van der Waals surface area contributed by atoms with Gasteiger partial charge in [-0.05, 0) is 36.4 Å². The third kappa shape index (κ3) is 5.94. The largest absolute Gasteiger partial charge is 0.477 e. The number of carbonyl (C=O) groups is 3. The van der Waals surface area contributed by atoms with E-state index in [1.165, 1.54) is 0 Å². The number of aromatic carboxylic acids is 1. The third-order valence-electron chi connectivity index (χ3n) is 5.42. The molecule has 4 rings (SSSR count). The fourth-order valence-electron chi connectivity index (χ4n) is 3.70. The summed E-state index contributed by atoms with van der Waals surface area (Å²) in [5, 5.41) is 20.5. The van der Waals surface area contributed by atoms with E-state index in [-0.39, 0.29) is 10.6 Å². The van der Waals surface area contributed by atoms with Crippen LogP contribution in [0.25, 0.3) is 0 Å². The van der Waals surface area contributed by atoms with E-state index in [1.54, 1.807) is 41.1 Å². The normalized spacial score (nSPS) is 14.4. The molecule has 3 aromatic rings. The highest BCUT2D eigenvalue weighted by Gasteiger charge is 2.40. The molecule has 4 N–H and O–H groups in total. The molecule has 0 saturated carbocycles. The Morgan fingerprint density at radius 1 is 1.06 bits per heavy atom. The van der Waals surface area contributed by atoms with E-state index in [0.717, 1.165) is 22.7 Å². The van der Waals surface area contributed by atoms with Crippen LogP contribution in [0.2, 0.25) is 0 Å². The standard InChI is InChI=1S/C22H20F3N5O4S2/c23-22(24,25)20(34)26-12-5-8-30(9-6-12)16-4-2-1-3-13(16)27-18(31)15-11-36-21(29-15)28-14-7-10-35-17(14)19(32)33/h1-4,7,10-12H,5-6,8-9H2,(H,26,34)(H,27,31)(H,28,29)(H,32,33). The first kappa shape index (κ1) is 25.4. The van der Waals surface area contributed by atoms with Crippen LogP contribution in [0.4, 0.5) is 35.4 Å². The van der Waals surface area contributed by atoms with Crippen LogP contribution in [0.1, 0.15) is 33.0 Å². The minimum Gasteiger partial charge on any atom is -0.477 e. The second-order valence-corrected chi connectivity index (χ2v) is 9.61. The van der Waals surface area contributed by atoms with Gasteiger partial charge in [0.15, 0.2) is 5.13 Å². The highest BCUT2D eigenvalue weighted by atomic mass is 32.1. The van der Waals surface area contributed by atoms with Crippen molar-refractivity contribution in [2.75, 3.05) is 28.6 Å². The van der Waals surface area contributed by atoms with Gasteiger partial charge in [-0.3, -0.25) is 9.59 Å². The molecular formula is C22H20F3N5O4S2. The molecule has 1 aromatic carbocycles. The van der Waals surface area contributed by atoms with Crippen molar-refractivity contribution in [1.82, 2.24) is 10.3 Å². The molecule has 1 saturated heterocycles. The average molecular weight is 540 g/mol. The molecule has 0 radical (unpaired) electrons. The molecule has 9 nitrogen and oxygen atoms in total. The summed E-state index contributed by atoms with van der Waals surface area (Å²) in [6, 6.07) is 8.07. The second-order valence-electron chi connectivity index (χ2n) is 7.84. The summed E-state index contributed by atoms with van der Waals surface area (Å²) in [6.07, 6.45) is -4.26. The van der Waals surface area contributed by atoms with Crippen molar-refractivity contribution in [3.8, 4) is 0 Å². The summed E-state index contributed by atoms with van der Waals surface area (Å²) in [5.74, 6) is -3.47. The summed E-state index contributed by atoms with van der Waals surface area (Å²) in [6.45, 7) is 0.792. The number of amides is 2. The summed E-state index contributed by atoms with van der Waals surface area (Å²) >= 11 is 2.22. The first-order valence-electron chi connectivity index (χ1n) is 10.7. The minimum absolute atomic E-state index is 0.131. The van der Waals surface area contributed by atoms with Crippen LogP contribution in [0, 0.1) is 0 Å². The highest BCUT2D eigenvalue weighted by Crippen LogP contribution is 2.31. The van der Waals surface area contributed by atoms with Crippen LogP contribution in [0.15, 0.2) is 41.1 Å². The van der Waals surface area contributed by atoms with Gasteiger partial charge in [-0.2, -0.15) is 13.2 Å². The Balaban J connectivity index is 1.39. The average Bonchev–Trinajstić information content (AvgIpc) is 3.50. The number of piperidine rings is 1. The van der Waals surface area contributed by atoms with Crippen molar-refractivity contribution in [1.29, 1.82) is 0 Å². The van der Waals surface area contributed by atoms with Gasteiger partial charge in [0.05, 0.1) is 17.1 Å². The summed E-state index contributed by atoms with van der Waals surface area (Å²) in [4.78, 5) is 41.6. The molecule has 2 amide bonds. The molecule has 36 heavy (non-hydrogen) atoms. The number of aromatic nitrogens is 1. The first-order valence-corrected chi connectivity index (χ1v) is 12.4. The van der Waals surface area contributed by atoms with Gasteiger partial charge in [0.25, 0.3) is 5.91 Å². The quantitative estimate of drug-likeness (QED) is 0.347. The van der Waals surface area contributed by atoms with Crippen LogP contribution in [0.5, 0.6) is 0 Å². The first-order chi connectivity index (χ1) is 17.1. The monoisotopic (exact) mass is 539 g/mol. The maximum absolute atomic E-state index is 12.8. The molecule has 1 aliphatic heterocycles. The maximum atomic E-state index is 12.8. The predicted molar refractivity (Wildman–Crippen MR) is 131 cm³/mol. The van der Waals surface area contributed by atoms with E-state index in [4.69, 9.17) is 0 Å². The van der Waals surface area contributed by atoms with Crippen molar-refractivity contribution in [2.45, 2.75) is 25.1 Å².